The first kappa shape index (κ1) is 18.8. The molecule has 0 atom stereocenters. The molecule has 1 amide bonds. The first-order chi connectivity index (χ1) is 8.26. The molecule has 0 heterocycles. The van der Waals surface area contributed by atoms with Crippen LogP contribution in [0.4, 0.5) is 0 Å². The Balaban J connectivity index is 0. The highest BCUT2D eigenvalue weighted by molar-refractivity contribution is 5.87. The van der Waals surface area contributed by atoms with Crippen molar-refractivity contribution in [2.24, 2.45) is 0 Å². The van der Waals surface area contributed by atoms with Gasteiger partial charge in [0.05, 0.1) is 6.10 Å². The minimum absolute atomic E-state index is 0.0412. The van der Waals surface area contributed by atoms with E-state index in [-0.39, 0.29) is 24.0 Å². The Bertz CT molecular complexity index is 293. The summed E-state index contributed by atoms with van der Waals surface area (Å²) in [5, 5.41) is 0. The van der Waals surface area contributed by atoms with Gasteiger partial charge in [-0.15, -0.1) is 0 Å². The predicted octanol–water partition coefficient (Wildman–Crippen LogP) is 2.55. The van der Waals surface area contributed by atoms with E-state index in [0.29, 0.717) is 0 Å². The summed E-state index contributed by atoms with van der Waals surface area (Å²) < 4.78 is 4.64. The zero-order valence-corrected chi connectivity index (χ0v) is 12.3. The quantitative estimate of drug-likeness (QED) is 0.573. The van der Waals surface area contributed by atoms with Crippen LogP contribution in [0.3, 0.4) is 0 Å². The number of amides is 1. The molecule has 0 aliphatic carbocycles. The minimum Gasteiger partial charge on any atom is -0.460 e. The van der Waals surface area contributed by atoms with Crippen molar-refractivity contribution in [2.45, 2.75) is 46.8 Å². The van der Waals surface area contributed by atoms with Crippen molar-refractivity contribution >= 4 is 11.9 Å². The van der Waals surface area contributed by atoms with Gasteiger partial charge in [0.25, 0.3) is 0 Å². The Morgan fingerprint density at radius 2 is 1.72 bits per heavy atom. The molecule has 0 aliphatic heterocycles. The molecule has 0 aliphatic rings. The largest absolute Gasteiger partial charge is 0.460 e. The molecule has 4 heteroatoms. The number of ether oxygens (including phenoxy) is 1. The monoisotopic (exact) mass is 255 g/mol. The molecule has 0 saturated heterocycles. The summed E-state index contributed by atoms with van der Waals surface area (Å²) >= 11 is 0. The van der Waals surface area contributed by atoms with Gasteiger partial charge in [-0.05, 0) is 40.7 Å². The van der Waals surface area contributed by atoms with E-state index in [2.05, 4.69) is 11.3 Å². The van der Waals surface area contributed by atoms with E-state index >= 15 is 0 Å². The van der Waals surface area contributed by atoms with Gasteiger partial charge in [0.2, 0.25) is 5.91 Å². The smallest absolute Gasteiger partial charge is 0.330 e. The van der Waals surface area contributed by atoms with Crippen molar-refractivity contribution in [1.29, 1.82) is 0 Å². The van der Waals surface area contributed by atoms with Crippen LogP contribution in [0.25, 0.3) is 0 Å². The molecule has 0 spiro atoms. The third-order valence-electron chi connectivity index (χ3n) is 1.95. The SMILES string of the molecule is C/C=C/C(=O)N(C)C(C)C.C=CC(=O)OC(C)C. The van der Waals surface area contributed by atoms with Gasteiger partial charge in [0.1, 0.15) is 0 Å². The van der Waals surface area contributed by atoms with Gasteiger partial charge in [-0.3, -0.25) is 4.79 Å². The van der Waals surface area contributed by atoms with Crippen molar-refractivity contribution < 1.29 is 14.3 Å². The molecule has 0 unspecified atom stereocenters. The van der Waals surface area contributed by atoms with Crippen molar-refractivity contribution in [1.82, 2.24) is 4.90 Å². The van der Waals surface area contributed by atoms with E-state index in [1.54, 1.807) is 37.9 Å². The molecule has 0 aromatic carbocycles. The fourth-order valence-electron chi connectivity index (χ4n) is 0.795. The van der Waals surface area contributed by atoms with Gasteiger partial charge in [-0.25, -0.2) is 4.79 Å². The molecule has 0 N–H and O–H groups in total. The Labute approximate surface area is 110 Å². The number of carbonyl (C=O) groups excluding carboxylic acids is 2. The van der Waals surface area contributed by atoms with Crippen LogP contribution in [0.1, 0.15) is 34.6 Å². The van der Waals surface area contributed by atoms with Gasteiger partial charge in [-0.2, -0.15) is 0 Å². The molecule has 0 bridgehead atoms. The summed E-state index contributed by atoms with van der Waals surface area (Å²) in [5.41, 5.74) is 0. The summed E-state index contributed by atoms with van der Waals surface area (Å²) in [5.74, 6) is -0.294. The van der Waals surface area contributed by atoms with Gasteiger partial charge in [-0.1, -0.05) is 12.7 Å². The van der Waals surface area contributed by atoms with Crippen LogP contribution in [0.2, 0.25) is 0 Å². The number of hydrogen-bond acceptors (Lipinski definition) is 3. The van der Waals surface area contributed by atoms with Crippen molar-refractivity contribution in [3.05, 3.63) is 24.8 Å². The zero-order valence-electron chi connectivity index (χ0n) is 12.3. The Kier molecular flexibility index (Phi) is 11.0. The summed E-state index contributed by atoms with van der Waals surface area (Å²) in [4.78, 5) is 23.0. The first-order valence-corrected chi connectivity index (χ1v) is 5.98. The second kappa shape index (κ2) is 10.6. The van der Waals surface area contributed by atoms with Crippen LogP contribution in [-0.2, 0) is 14.3 Å². The van der Waals surface area contributed by atoms with Crippen molar-refractivity contribution in [3.63, 3.8) is 0 Å². The number of hydrogen-bond donors (Lipinski definition) is 0. The van der Waals surface area contributed by atoms with Gasteiger partial charge < -0.3 is 9.64 Å². The first-order valence-electron chi connectivity index (χ1n) is 5.98. The highest BCUT2D eigenvalue weighted by atomic mass is 16.5. The lowest BCUT2D eigenvalue weighted by atomic mass is 10.3. The van der Waals surface area contributed by atoms with E-state index in [9.17, 15) is 9.59 Å². The Hall–Kier alpha value is -1.58. The molecule has 0 aromatic heterocycles. The summed E-state index contributed by atoms with van der Waals surface area (Å²) in [7, 11) is 1.80. The molecule has 0 fully saturated rings. The maximum Gasteiger partial charge on any atom is 0.330 e. The van der Waals surface area contributed by atoms with E-state index in [0.717, 1.165) is 6.08 Å². The van der Waals surface area contributed by atoms with Gasteiger partial charge in [0, 0.05) is 19.2 Å². The second-order valence-corrected chi connectivity index (χ2v) is 4.23. The van der Waals surface area contributed by atoms with Crippen LogP contribution in [0.5, 0.6) is 0 Å². The number of carbonyl (C=O) groups is 2. The molecule has 18 heavy (non-hydrogen) atoms. The van der Waals surface area contributed by atoms with Crippen molar-refractivity contribution in [3.8, 4) is 0 Å². The fourth-order valence-corrected chi connectivity index (χ4v) is 0.795. The molecule has 0 saturated carbocycles. The molecule has 0 radical (unpaired) electrons. The zero-order chi connectivity index (χ0) is 14.7. The number of allylic oxidation sites excluding steroid dienone is 1. The molecule has 104 valence electrons. The third kappa shape index (κ3) is 10.9. The number of esters is 1. The van der Waals surface area contributed by atoms with Crippen LogP contribution in [-0.4, -0.2) is 36.0 Å². The normalized spacial score (nSPS) is 10.0. The van der Waals surface area contributed by atoms with Crippen molar-refractivity contribution in [2.75, 3.05) is 7.05 Å². The third-order valence-corrected chi connectivity index (χ3v) is 1.95. The topological polar surface area (TPSA) is 46.6 Å². The maximum atomic E-state index is 11.0. The summed E-state index contributed by atoms with van der Waals surface area (Å²) in [6.07, 6.45) is 4.43. The second-order valence-electron chi connectivity index (χ2n) is 4.23. The van der Waals surface area contributed by atoms with Crippen LogP contribution in [0.15, 0.2) is 24.8 Å². The Morgan fingerprint density at radius 1 is 1.22 bits per heavy atom. The van der Waals surface area contributed by atoms with Crippen LogP contribution in [0, 0.1) is 0 Å². The lowest BCUT2D eigenvalue weighted by Gasteiger charge is -2.19. The molecular weight excluding hydrogens is 230 g/mol. The number of nitrogens with zero attached hydrogens (tertiary/aromatic N) is 1. The highest BCUT2D eigenvalue weighted by Gasteiger charge is 2.06. The molecular formula is C14H25NO3. The molecule has 0 rings (SSSR count). The average molecular weight is 255 g/mol. The molecule has 4 nitrogen and oxygen atoms in total. The standard InChI is InChI=1S/C8H15NO.C6H10O2/c1-5-6-8(10)9(4)7(2)3;1-4-6(7)8-5(2)3/h5-7H,1-4H3;4-5H,1H2,2-3H3/b6-5+;. The van der Waals surface area contributed by atoms with E-state index in [1.165, 1.54) is 0 Å². The summed E-state index contributed by atoms with van der Waals surface area (Å²) in [6, 6.07) is 0.281. The minimum atomic E-state index is -0.361. The lowest BCUT2D eigenvalue weighted by molar-refractivity contribution is -0.141. The highest BCUT2D eigenvalue weighted by Crippen LogP contribution is 1.94. The van der Waals surface area contributed by atoms with Gasteiger partial charge >= 0.3 is 5.97 Å². The van der Waals surface area contributed by atoms with Crippen LogP contribution < -0.4 is 0 Å². The average Bonchev–Trinajstić information content (AvgIpc) is 2.28. The predicted molar refractivity (Wildman–Crippen MR) is 74.1 cm³/mol. The fraction of sp³-hybridized carbons (Fsp3) is 0.571. The van der Waals surface area contributed by atoms with Crippen LogP contribution >= 0.6 is 0 Å². The number of rotatable bonds is 4. The van der Waals surface area contributed by atoms with E-state index in [1.807, 2.05) is 20.8 Å². The maximum absolute atomic E-state index is 11.0. The molecule has 0 aromatic rings. The Morgan fingerprint density at radius 3 is 1.94 bits per heavy atom. The van der Waals surface area contributed by atoms with E-state index in [4.69, 9.17) is 0 Å². The lowest BCUT2D eigenvalue weighted by Crippen LogP contribution is -2.31. The number of likely N-dealkylation sites (N-methyl/N-ethyl adjacent to an activating group) is 1. The summed E-state index contributed by atoms with van der Waals surface area (Å²) in [6.45, 7) is 12.6. The van der Waals surface area contributed by atoms with E-state index < -0.39 is 0 Å². The van der Waals surface area contributed by atoms with Gasteiger partial charge in [0.15, 0.2) is 0 Å².